The third kappa shape index (κ3) is 3.17. The highest BCUT2D eigenvalue weighted by atomic mass is 35.5. The minimum atomic E-state index is 0.0125. The van der Waals surface area contributed by atoms with Gasteiger partial charge in [-0.2, -0.15) is 5.10 Å². The van der Waals surface area contributed by atoms with Crippen LogP contribution >= 0.6 is 11.6 Å². The zero-order valence-electron chi connectivity index (χ0n) is 16.2. The number of halogens is 1. The summed E-state index contributed by atoms with van der Waals surface area (Å²) < 4.78 is 3.59. The van der Waals surface area contributed by atoms with Crippen molar-refractivity contribution < 1.29 is 0 Å². The van der Waals surface area contributed by atoms with Gasteiger partial charge < -0.3 is 4.57 Å². The number of hydrogen-bond acceptors (Lipinski definition) is 3. The number of hydrogen-bond donors (Lipinski definition) is 0. The third-order valence-corrected chi connectivity index (χ3v) is 5.56. The van der Waals surface area contributed by atoms with Crippen LogP contribution < -0.4 is 5.56 Å². The molecule has 0 aliphatic rings. The van der Waals surface area contributed by atoms with Crippen molar-refractivity contribution in [1.82, 2.24) is 19.2 Å². The minimum absolute atomic E-state index is 0.0125. The van der Waals surface area contributed by atoms with E-state index in [0.29, 0.717) is 11.6 Å². The molecule has 0 radical (unpaired) electrons. The predicted molar refractivity (Wildman–Crippen MR) is 107 cm³/mol. The van der Waals surface area contributed by atoms with Gasteiger partial charge in [-0.25, -0.2) is 0 Å². The van der Waals surface area contributed by atoms with Crippen LogP contribution in [0.25, 0.3) is 10.9 Å². The van der Waals surface area contributed by atoms with E-state index in [1.165, 1.54) is 5.56 Å². The lowest BCUT2D eigenvalue weighted by atomic mass is 10.0. The molecular weight excluding hydrogens is 348 g/mol. The molecule has 138 valence electrons. The van der Waals surface area contributed by atoms with Crippen LogP contribution in [0.3, 0.4) is 0 Å². The lowest BCUT2D eigenvalue weighted by Crippen LogP contribution is -2.29. The quantitative estimate of drug-likeness (QED) is 0.700. The fourth-order valence-electron chi connectivity index (χ4n) is 3.64. The molecule has 0 aliphatic heterocycles. The van der Waals surface area contributed by atoms with Crippen LogP contribution in [0.4, 0.5) is 0 Å². The molecule has 0 spiro atoms. The van der Waals surface area contributed by atoms with Crippen molar-refractivity contribution in [2.75, 3.05) is 7.05 Å². The van der Waals surface area contributed by atoms with Gasteiger partial charge in [0.15, 0.2) is 0 Å². The zero-order chi connectivity index (χ0) is 19.2. The average molecular weight is 373 g/mol. The molecule has 26 heavy (non-hydrogen) atoms. The Morgan fingerprint density at radius 2 is 1.92 bits per heavy atom. The van der Waals surface area contributed by atoms with Crippen molar-refractivity contribution in [3.05, 3.63) is 62.2 Å². The molecular formula is C20H25ClN4O. The Labute approximate surface area is 158 Å². The van der Waals surface area contributed by atoms with Crippen LogP contribution in [-0.2, 0) is 20.6 Å². The molecule has 6 heteroatoms. The fraction of sp³-hybridized carbons (Fsp3) is 0.400. The monoisotopic (exact) mass is 372 g/mol. The first-order valence-corrected chi connectivity index (χ1v) is 9.07. The Kier molecular flexibility index (Phi) is 4.95. The highest BCUT2D eigenvalue weighted by Crippen LogP contribution is 2.26. The molecule has 0 saturated heterocycles. The molecule has 0 aliphatic carbocycles. The average Bonchev–Trinajstić information content (AvgIpc) is 2.84. The van der Waals surface area contributed by atoms with Crippen LogP contribution in [0.15, 0.2) is 29.1 Å². The van der Waals surface area contributed by atoms with E-state index in [2.05, 4.69) is 23.8 Å². The van der Waals surface area contributed by atoms with E-state index in [-0.39, 0.29) is 11.6 Å². The number of fused-ring (bicyclic) bond motifs is 1. The molecule has 1 atom stereocenters. The second-order valence-corrected chi connectivity index (χ2v) is 7.47. The van der Waals surface area contributed by atoms with Gasteiger partial charge in [0, 0.05) is 48.5 Å². The first-order chi connectivity index (χ1) is 12.2. The fourth-order valence-corrected chi connectivity index (χ4v) is 3.80. The Hall–Kier alpha value is -2.11. The molecule has 0 N–H and O–H groups in total. The minimum Gasteiger partial charge on any atom is -0.311 e. The second kappa shape index (κ2) is 6.89. The van der Waals surface area contributed by atoms with E-state index in [0.717, 1.165) is 27.9 Å². The number of nitrogens with zero attached hydrogens (tertiary/aromatic N) is 4. The van der Waals surface area contributed by atoms with Gasteiger partial charge in [-0.1, -0.05) is 17.7 Å². The third-order valence-electron chi connectivity index (χ3n) is 5.33. The Morgan fingerprint density at radius 3 is 2.54 bits per heavy atom. The highest BCUT2D eigenvalue weighted by molar-refractivity contribution is 6.31. The summed E-state index contributed by atoms with van der Waals surface area (Å²) in [5.41, 5.74) is 5.04. The molecule has 0 fully saturated rings. The van der Waals surface area contributed by atoms with E-state index < -0.39 is 0 Å². The lowest BCUT2D eigenvalue weighted by molar-refractivity contribution is 0.250. The van der Waals surface area contributed by atoms with E-state index in [1.807, 2.05) is 50.0 Å². The number of aryl methyl sites for hydroxylation is 3. The van der Waals surface area contributed by atoms with E-state index in [9.17, 15) is 4.79 Å². The zero-order valence-corrected chi connectivity index (χ0v) is 16.9. The molecule has 3 rings (SSSR count). The van der Waals surface area contributed by atoms with Crippen LogP contribution in [0.2, 0.25) is 5.02 Å². The Morgan fingerprint density at radius 1 is 1.23 bits per heavy atom. The van der Waals surface area contributed by atoms with Crippen LogP contribution in [0.5, 0.6) is 0 Å². The predicted octanol–water partition coefficient (Wildman–Crippen LogP) is 3.74. The number of aromatic nitrogens is 3. The highest BCUT2D eigenvalue weighted by Gasteiger charge is 2.21. The van der Waals surface area contributed by atoms with Gasteiger partial charge in [0.1, 0.15) is 0 Å². The van der Waals surface area contributed by atoms with Crippen molar-refractivity contribution in [3.63, 3.8) is 0 Å². The summed E-state index contributed by atoms with van der Waals surface area (Å²) in [5.74, 6) is 0. The maximum absolute atomic E-state index is 12.8. The summed E-state index contributed by atoms with van der Waals surface area (Å²) in [6.45, 7) is 6.84. The smallest absolute Gasteiger partial charge is 0.255 e. The van der Waals surface area contributed by atoms with Gasteiger partial charge >= 0.3 is 0 Å². The van der Waals surface area contributed by atoms with Crippen molar-refractivity contribution in [2.45, 2.75) is 33.4 Å². The molecule has 0 amide bonds. The number of pyridine rings is 1. The molecule has 0 saturated carbocycles. The summed E-state index contributed by atoms with van der Waals surface area (Å²) in [6, 6.07) is 7.78. The van der Waals surface area contributed by atoms with Crippen molar-refractivity contribution in [3.8, 4) is 0 Å². The van der Waals surface area contributed by atoms with Crippen LogP contribution in [-0.4, -0.2) is 26.3 Å². The van der Waals surface area contributed by atoms with Crippen LogP contribution in [0.1, 0.15) is 35.5 Å². The molecule has 1 unspecified atom stereocenters. The topological polar surface area (TPSA) is 43.1 Å². The van der Waals surface area contributed by atoms with Crippen molar-refractivity contribution in [1.29, 1.82) is 0 Å². The summed E-state index contributed by atoms with van der Waals surface area (Å²) in [4.78, 5) is 15.0. The summed E-state index contributed by atoms with van der Waals surface area (Å²) in [7, 11) is 5.80. The number of benzene rings is 1. The lowest BCUT2D eigenvalue weighted by Gasteiger charge is -2.25. The van der Waals surface area contributed by atoms with Crippen LogP contribution in [0, 0.1) is 13.8 Å². The largest absolute Gasteiger partial charge is 0.311 e. The van der Waals surface area contributed by atoms with Gasteiger partial charge in [-0.15, -0.1) is 0 Å². The number of rotatable bonds is 4. The van der Waals surface area contributed by atoms with Gasteiger partial charge in [0.25, 0.3) is 5.56 Å². The SMILES string of the molecule is Cc1nn(C)c(C)c1C(C)N(C)Cc1cc2ccc(Cl)cc2n(C)c1=O. The van der Waals surface area contributed by atoms with Gasteiger partial charge in [0.05, 0.1) is 11.2 Å². The first kappa shape index (κ1) is 18.7. The second-order valence-electron chi connectivity index (χ2n) is 7.04. The van der Waals surface area contributed by atoms with Crippen molar-refractivity contribution in [2.24, 2.45) is 14.1 Å². The van der Waals surface area contributed by atoms with Gasteiger partial charge in [0.2, 0.25) is 0 Å². The van der Waals surface area contributed by atoms with Crippen molar-refractivity contribution >= 4 is 22.5 Å². The summed E-state index contributed by atoms with van der Waals surface area (Å²) in [5, 5.41) is 6.16. The molecule has 3 aromatic rings. The molecule has 2 aromatic heterocycles. The molecule has 2 heterocycles. The molecule has 0 bridgehead atoms. The maximum atomic E-state index is 12.8. The first-order valence-electron chi connectivity index (χ1n) is 8.69. The van der Waals surface area contributed by atoms with E-state index in [4.69, 9.17) is 11.6 Å². The summed E-state index contributed by atoms with van der Waals surface area (Å²) in [6.07, 6.45) is 0. The van der Waals surface area contributed by atoms with E-state index >= 15 is 0 Å². The Balaban J connectivity index is 1.96. The molecule has 1 aromatic carbocycles. The summed E-state index contributed by atoms with van der Waals surface area (Å²) >= 11 is 6.08. The normalized spacial score (nSPS) is 12.9. The standard InChI is InChI=1S/C20H25ClN4O/c1-12-19(14(3)25(6)22-12)13(2)23(4)11-16-9-15-7-8-17(21)10-18(15)24(5)20(16)26/h7-10,13H,11H2,1-6H3. The van der Waals surface area contributed by atoms with Gasteiger partial charge in [-0.05, 0) is 51.4 Å². The Bertz CT molecular complexity index is 1030. The molecule has 5 nitrogen and oxygen atoms in total. The maximum Gasteiger partial charge on any atom is 0.255 e. The van der Waals surface area contributed by atoms with E-state index in [1.54, 1.807) is 11.6 Å². The van der Waals surface area contributed by atoms with Gasteiger partial charge in [-0.3, -0.25) is 14.4 Å².